The summed E-state index contributed by atoms with van der Waals surface area (Å²) in [5.74, 6) is -1.05. The quantitative estimate of drug-likeness (QED) is 0.724. The van der Waals surface area contributed by atoms with E-state index in [0.717, 1.165) is 12.4 Å². The molecular formula is C19H15F3N4O2. The second-order valence-electron chi connectivity index (χ2n) is 5.72. The smallest absolute Gasteiger partial charge is 0.451 e. The predicted octanol–water partition coefficient (Wildman–Crippen LogP) is 3.50. The van der Waals surface area contributed by atoms with Crippen LogP contribution >= 0.6 is 0 Å². The van der Waals surface area contributed by atoms with Crippen molar-refractivity contribution in [2.45, 2.75) is 12.7 Å². The fourth-order valence-electron chi connectivity index (χ4n) is 2.44. The zero-order valence-corrected chi connectivity index (χ0v) is 14.7. The summed E-state index contributed by atoms with van der Waals surface area (Å²) in [7, 11) is 1.46. The van der Waals surface area contributed by atoms with Crippen molar-refractivity contribution in [3.8, 4) is 17.0 Å². The molecule has 3 aromatic rings. The first kappa shape index (κ1) is 19.3. The van der Waals surface area contributed by atoms with Gasteiger partial charge in [0.05, 0.1) is 19.0 Å². The minimum Gasteiger partial charge on any atom is -0.495 e. The Labute approximate surface area is 158 Å². The Balaban J connectivity index is 1.81. The molecule has 2 heterocycles. The molecule has 1 N–H and O–H groups in total. The van der Waals surface area contributed by atoms with Crippen LogP contribution in [0.4, 0.5) is 13.2 Å². The number of alkyl halides is 3. The summed E-state index contributed by atoms with van der Waals surface area (Å²) in [6.45, 7) is 0.147. The van der Waals surface area contributed by atoms with Crippen LogP contribution in [0.5, 0.6) is 5.75 Å². The largest absolute Gasteiger partial charge is 0.495 e. The third kappa shape index (κ3) is 4.43. The highest BCUT2D eigenvalue weighted by molar-refractivity contribution is 5.94. The third-order valence-corrected chi connectivity index (χ3v) is 3.84. The van der Waals surface area contributed by atoms with Crippen LogP contribution in [0.2, 0.25) is 0 Å². The number of carbonyl (C=O) groups is 1. The van der Waals surface area contributed by atoms with Crippen LogP contribution in [0, 0.1) is 0 Å². The first-order valence-corrected chi connectivity index (χ1v) is 8.14. The van der Waals surface area contributed by atoms with Crippen molar-refractivity contribution in [1.29, 1.82) is 0 Å². The number of amides is 1. The van der Waals surface area contributed by atoms with Crippen molar-refractivity contribution in [3.63, 3.8) is 0 Å². The number of benzene rings is 1. The fraction of sp³-hybridized carbons (Fsp3) is 0.158. The monoisotopic (exact) mass is 388 g/mol. The Hall–Kier alpha value is -3.49. The zero-order valence-electron chi connectivity index (χ0n) is 14.7. The number of rotatable bonds is 5. The number of ether oxygens (including phenoxy) is 1. The van der Waals surface area contributed by atoms with Gasteiger partial charge in [-0.3, -0.25) is 9.78 Å². The highest BCUT2D eigenvalue weighted by Crippen LogP contribution is 2.28. The second kappa shape index (κ2) is 8.03. The summed E-state index contributed by atoms with van der Waals surface area (Å²) in [5, 5.41) is 2.77. The predicted molar refractivity (Wildman–Crippen MR) is 94.4 cm³/mol. The molecule has 6 nitrogen and oxygen atoms in total. The molecule has 0 aliphatic heterocycles. The molecule has 144 valence electrons. The topological polar surface area (TPSA) is 77.0 Å². The molecule has 1 amide bonds. The molecule has 0 saturated heterocycles. The number of halogens is 3. The van der Waals surface area contributed by atoms with E-state index in [1.54, 1.807) is 36.4 Å². The maximum Gasteiger partial charge on any atom is 0.451 e. The van der Waals surface area contributed by atoms with E-state index in [1.807, 2.05) is 0 Å². The summed E-state index contributed by atoms with van der Waals surface area (Å²) in [6.07, 6.45) is -1.08. The lowest BCUT2D eigenvalue weighted by Gasteiger charge is -2.12. The number of pyridine rings is 1. The summed E-state index contributed by atoms with van der Waals surface area (Å²) in [4.78, 5) is 23.0. The molecule has 0 aliphatic rings. The Morgan fingerprint density at radius 1 is 1.07 bits per heavy atom. The molecule has 28 heavy (non-hydrogen) atoms. The van der Waals surface area contributed by atoms with Gasteiger partial charge < -0.3 is 10.1 Å². The third-order valence-electron chi connectivity index (χ3n) is 3.84. The molecular weight excluding hydrogens is 373 g/mol. The molecule has 0 atom stereocenters. The summed E-state index contributed by atoms with van der Waals surface area (Å²) in [5.41, 5.74) is 1.79. The summed E-state index contributed by atoms with van der Waals surface area (Å²) in [6, 6.07) is 10.3. The summed E-state index contributed by atoms with van der Waals surface area (Å²) >= 11 is 0. The van der Waals surface area contributed by atoms with Gasteiger partial charge in [-0.15, -0.1) is 0 Å². The Kier molecular flexibility index (Phi) is 5.53. The average molecular weight is 388 g/mol. The van der Waals surface area contributed by atoms with Gasteiger partial charge in [-0.25, -0.2) is 9.97 Å². The molecule has 9 heteroatoms. The lowest BCUT2D eigenvalue weighted by molar-refractivity contribution is -0.144. The molecule has 0 bridgehead atoms. The molecule has 0 radical (unpaired) electrons. The first-order valence-electron chi connectivity index (χ1n) is 8.14. The van der Waals surface area contributed by atoms with Crippen LogP contribution < -0.4 is 10.1 Å². The van der Waals surface area contributed by atoms with Crippen molar-refractivity contribution in [1.82, 2.24) is 20.3 Å². The summed E-state index contributed by atoms with van der Waals surface area (Å²) < 4.78 is 43.1. The number of hydrogen-bond acceptors (Lipinski definition) is 5. The normalized spacial score (nSPS) is 11.1. The van der Waals surface area contributed by atoms with Crippen LogP contribution in [0.15, 0.2) is 55.0 Å². The zero-order chi connectivity index (χ0) is 20.1. The van der Waals surface area contributed by atoms with E-state index in [2.05, 4.69) is 20.3 Å². The van der Waals surface area contributed by atoms with E-state index in [1.165, 1.54) is 13.3 Å². The van der Waals surface area contributed by atoms with Gasteiger partial charge in [-0.05, 0) is 18.2 Å². The number of aromatic nitrogens is 3. The minimum absolute atomic E-state index is 0.147. The highest BCUT2D eigenvalue weighted by atomic mass is 19.4. The van der Waals surface area contributed by atoms with Crippen LogP contribution in [0.3, 0.4) is 0 Å². The molecule has 3 rings (SSSR count). The van der Waals surface area contributed by atoms with Crippen molar-refractivity contribution < 1.29 is 22.7 Å². The highest BCUT2D eigenvalue weighted by Gasteiger charge is 2.34. The maximum atomic E-state index is 12.6. The second-order valence-corrected chi connectivity index (χ2v) is 5.72. The molecule has 0 fully saturated rings. The SMILES string of the molecule is COc1cnc(-c2cnc(C(F)(F)F)nc2)cc1CNC(=O)c1ccccc1. The molecule has 0 aliphatic carbocycles. The first-order chi connectivity index (χ1) is 13.4. The van der Waals surface area contributed by atoms with Gasteiger partial charge in [0.15, 0.2) is 0 Å². The van der Waals surface area contributed by atoms with Crippen LogP contribution in [-0.4, -0.2) is 28.0 Å². The molecule has 2 aromatic heterocycles. The van der Waals surface area contributed by atoms with Crippen molar-refractivity contribution in [2.75, 3.05) is 7.11 Å². The van der Waals surface area contributed by atoms with Gasteiger partial charge in [0, 0.05) is 35.6 Å². The van der Waals surface area contributed by atoms with Crippen molar-refractivity contribution in [2.24, 2.45) is 0 Å². The molecule has 0 unspecified atom stereocenters. The lowest BCUT2D eigenvalue weighted by Crippen LogP contribution is -2.23. The fourth-order valence-corrected chi connectivity index (χ4v) is 2.44. The standard InChI is InChI=1S/C19H15F3N4O2/c1-28-16-11-23-15(14-9-25-18(26-10-14)19(20,21)22)7-13(16)8-24-17(27)12-5-3-2-4-6-12/h2-7,9-11H,8H2,1H3,(H,24,27). The van der Waals surface area contributed by atoms with E-state index < -0.39 is 12.0 Å². The molecule has 0 saturated carbocycles. The van der Waals surface area contributed by atoms with Gasteiger partial charge in [0.25, 0.3) is 5.91 Å². The number of nitrogens with zero attached hydrogens (tertiary/aromatic N) is 3. The molecule has 0 spiro atoms. The maximum absolute atomic E-state index is 12.6. The molecule has 1 aromatic carbocycles. The van der Waals surface area contributed by atoms with Crippen LogP contribution in [0.1, 0.15) is 21.7 Å². The van der Waals surface area contributed by atoms with E-state index in [9.17, 15) is 18.0 Å². The van der Waals surface area contributed by atoms with Crippen LogP contribution in [0.25, 0.3) is 11.3 Å². The number of hydrogen-bond donors (Lipinski definition) is 1. The van der Waals surface area contributed by atoms with Gasteiger partial charge in [0.2, 0.25) is 5.82 Å². The van der Waals surface area contributed by atoms with Gasteiger partial charge in [-0.2, -0.15) is 13.2 Å². The van der Waals surface area contributed by atoms with Crippen molar-refractivity contribution >= 4 is 5.91 Å². The Bertz CT molecular complexity index is 961. The number of nitrogens with one attached hydrogen (secondary N) is 1. The number of carbonyl (C=O) groups excluding carboxylic acids is 1. The van der Waals surface area contributed by atoms with Crippen LogP contribution in [-0.2, 0) is 12.7 Å². The van der Waals surface area contributed by atoms with E-state index in [4.69, 9.17) is 4.74 Å². The van der Waals surface area contributed by atoms with Crippen molar-refractivity contribution in [3.05, 3.63) is 71.9 Å². The Morgan fingerprint density at radius 2 is 1.75 bits per heavy atom. The van der Waals surface area contributed by atoms with E-state index >= 15 is 0 Å². The lowest BCUT2D eigenvalue weighted by atomic mass is 10.1. The van der Waals surface area contributed by atoms with Gasteiger partial charge in [0.1, 0.15) is 5.75 Å². The van der Waals surface area contributed by atoms with Gasteiger partial charge >= 0.3 is 6.18 Å². The van der Waals surface area contributed by atoms with E-state index in [0.29, 0.717) is 28.1 Å². The van der Waals surface area contributed by atoms with E-state index in [-0.39, 0.29) is 12.5 Å². The minimum atomic E-state index is -4.61. The number of methoxy groups -OCH3 is 1. The van der Waals surface area contributed by atoms with Gasteiger partial charge in [-0.1, -0.05) is 18.2 Å². The average Bonchev–Trinajstić information content (AvgIpc) is 2.72. The Morgan fingerprint density at radius 3 is 2.36 bits per heavy atom.